The number of carboxylic acids is 1. The molecule has 6 nitrogen and oxygen atoms in total. The van der Waals surface area contributed by atoms with Crippen molar-refractivity contribution in [1.82, 2.24) is 0 Å². The van der Waals surface area contributed by atoms with Crippen LogP contribution in [0.1, 0.15) is 137 Å². The molecule has 0 aromatic carbocycles. The summed E-state index contributed by atoms with van der Waals surface area (Å²) in [6, 6.07) is 0. The van der Waals surface area contributed by atoms with Crippen molar-refractivity contribution < 1.29 is 28.1 Å². The number of carbonyl (C=O) groups is 1. The lowest BCUT2D eigenvalue weighted by molar-refractivity contribution is -0.217. The van der Waals surface area contributed by atoms with Crippen molar-refractivity contribution >= 4 is 25.2 Å². The molecule has 0 rings (SSSR count). The van der Waals surface area contributed by atoms with Crippen LogP contribution >= 0.6 is 8.46 Å². The van der Waals surface area contributed by atoms with Crippen molar-refractivity contribution in [2.24, 2.45) is 0 Å². The number of aliphatic carboxylic acids is 1. The first-order chi connectivity index (χ1) is 16.9. The molecule has 1 N–H and O–H groups in total. The fourth-order valence-electron chi connectivity index (χ4n) is 4.21. The van der Waals surface area contributed by atoms with Gasteiger partial charge in [-0.15, -0.1) is 0 Å². The quantitative estimate of drug-likeness (QED) is 0.0680. The second kappa shape index (κ2) is 22.8. The van der Waals surface area contributed by atoms with Crippen molar-refractivity contribution in [2.75, 3.05) is 12.4 Å². The summed E-state index contributed by atoms with van der Waals surface area (Å²) >= 11 is 0. The average molecular weight is 537 g/mol. The maximum atomic E-state index is 13.3. The topological polar surface area (TPSA) is 89.9 Å². The molecule has 0 spiro atoms. The van der Waals surface area contributed by atoms with Crippen LogP contribution in [-0.4, -0.2) is 44.5 Å². The van der Waals surface area contributed by atoms with E-state index in [1.807, 2.05) is 6.92 Å². The van der Waals surface area contributed by atoms with Gasteiger partial charge in [-0.25, -0.2) is 4.79 Å². The zero-order valence-corrected chi connectivity index (χ0v) is 24.6. The molecule has 35 heavy (non-hydrogen) atoms. The zero-order chi connectivity index (χ0) is 26.4. The van der Waals surface area contributed by atoms with Gasteiger partial charge in [0.2, 0.25) is 8.46 Å². The third-order valence-corrected chi connectivity index (χ3v) is 9.04. The Morgan fingerprint density at radius 3 is 1.77 bits per heavy atom. The Balaban J connectivity index is 4.89. The van der Waals surface area contributed by atoms with Gasteiger partial charge in [-0.05, 0) is 26.2 Å². The van der Waals surface area contributed by atoms with Crippen LogP contribution in [0.2, 0.25) is 0 Å². The third-order valence-electron chi connectivity index (χ3n) is 6.39. The Morgan fingerprint density at radius 1 is 0.829 bits per heavy atom. The SMILES string of the molecule is CCCCCCCCCCCS(=O)C(CCCCCCCC)C(C)OC(OCCC)(P=O)C(=O)O. The van der Waals surface area contributed by atoms with Crippen molar-refractivity contribution in [3.63, 3.8) is 0 Å². The lowest BCUT2D eigenvalue weighted by atomic mass is 10.1. The van der Waals surface area contributed by atoms with Crippen LogP contribution in [0.3, 0.4) is 0 Å². The first-order valence-electron chi connectivity index (χ1n) is 14.1. The predicted molar refractivity (Wildman–Crippen MR) is 147 cm³/mol. The molecule has 208 valence electrons. The summed E-state index contributed by atoms with van der Waals surface area (Å²) in [4.78, 5) is 11.9. The van der Waals surface area contributed by atoms with Gasteiger partial charge in [0.15, 0.2) is 0 Å². The number of unbranched alkanes of at least 4 members (excludes halogenated alkanes) is 13. The Hall–Kier alpha value is -0.360. The molecule has 4 atom stereocenters. The summed E-state index contributed by atoms with van der Waals surface area (Å²) in [6.45, 7) is 8.13. The summed E-state index contributed by atoms with van der Waals surface area (Å²) in [6.07, 6.45) is 18.3. The van der Waals surface area contributed by atoms with Gasteiger partial charge in [0.05, 0.1) is 18.0 Å². The molecule has 0 saturated carbocycles. The summed E-state index contributed by atoms with van der Waals surface area (Å²) < 4.78 is 36.2. The van der Waals surface area contributed by atoms with Gasteiger partial charge in [-0.3, -0.25) is 8.77 Å². The van der Waals surface area contributed by atoms with Crippen LogP contribution in [0.15, 0.2) is 0 Å². The third kappa shape index (κ3) is 16.2. The van der Waals surface area contributed by atoms with E-state index in [2.05, 4.69) is 13.8 Å². The fourth-order valence-corrected chi connectivity index (χ4v) is 6.35. The number of hydrogen-bond acceptors (Lipinski definition) is 5. The largest absolute Gasteiger partial charge is 0.477 e. The summed E-state index contributed by atoms with van der Waals surface area (Å²) in [5, 5.41) is 9.37. The zero-order valence-electron chi connectivity index (χ0n) is 22.9. The average Bonchev–Trinajstić information content (AvgIpc) is 2.84. The highest BCUT2D eigenvalue weighted by atomic mass is 32.2. The van der Waals surface area contributed by atoms with Crippen molar-refractivity contribution in [1.29, 1.82) is 0 Å². The fraction of sp³-hybridized carbons (Fsp3) is 0.963. The molecule has 0 aromatic rings. The Labute approximate surface area is 219 Å². The summed E-state index contributed by atoms with van der Waals surface area (Å²) in [5.74, 6) is -0.827. The summed E-state index contributed by atoms with van der Waals surface area (Å²) in [5.41, 5.74) is -2.24. The molecule has 0 amide bonds. The van der Waals surface area contributed by atoms with Crippen LogP contribution in [-0.2, 0) is 29.6 Å². The van der Waals surface area contributed by atoms with E-state index in [9.17, 15) is 18.7 Å². The minimum absolute atomic E-state index is 0.123. The van der Waals surface area contributed by atoms with E-state index in [1.165, 1.54) is 64.2 Å². The first kappa shape index (κ1) is 34.6. The Morgan fingerprint density at radius 2 is 1.31 bits per heavy atom. The van der Waals surface area contributed by atoms with E-state index < -0.39 is 36.9 Å². The van der Waals surface area contributed by atoms with E-state index in [-0.39, 0.29) is 11.9 Å². The number of carboxylic acid groups (broad SMARTS) is 1. The molecule has 0 fully saturated rings. The molecule has 8 heteroatoms. The van der Waals surface area contributed by atoms with Crippen LogP contribution in [0, 0.1) is 0 Å². The van der Waals surface area contributed by atoms with E-state index in [4.69, 9.17) is 9.47 Å². The highest BCUT2D eigenvalue weighted by Gasteiger charge is 2.46. The van der Waals surface area contributed by atoms with Gasteiger partial charge in [0.1, 0.15) is 0 Å². The maximum Gasteiger partial charge on any atom is 0.377 e. The molecule has 4 unspecified atom stereocenters. The number of ether oxygens (including phenoxy) is 2. The maximum absolute atomic E-state index is 13.3. The van der Waals surface area contributed by atoms with Crippen LogP contribution in [0.25, 0.3) is 0 Å². The number of rotatable bonds is 26. The molecule has 0 saturated heterocycles. The molecular weight excluding hydrogens is 483 g/mol. The highest BCUT2D eigenvalue weighted by molar-refractivity contribution is 7.85. The van der Waals surface area contributed by atoms with Gasteiger partial charge in [-0.1, -0.05) is 111 Å². The van der Waals surface area contributed by atoms with Gasteiger partial charge in [0, 0.05) is 16.6 Å². The van der Waals surface area contributed by atoms with Crippen molar-refractivity contribution in [3.05, 3.63) is 0 Å². The molecular formula is C27H53O6PS. The van der Waals surface area contributed by atoms with Gasteiger partial charge < -0.3 is 14.6 Å². The first-order valence-corrected chi connectivity index (χ1v) is 16.3. The standard InChI is InChI=1S/C27H53O6PS/c1-5-8-10-12-14-15-16-18-20-23-35(31)25(21-19-17-13-11-9-6-2)24(4)33-27(34-30,26(28)29)32-22-7-3/h24-25H,5-23H2,1-4H3,(H,28,29). The highest BCUT2D eigenvalue weighted by Crippen LogP contribution is 2.31. The van der Waals surface area contributed by atoms with Gasteiger partial charge >= 0.3 is 11.5 Å². The van der Waals surface area contributed by atoms with Crippen LogP contribution in [0.4, 0.5) is 0 Å². The van der Waals surface area contributed by atoms with E-state index in [1.54, 1.807) is 6.92 Å². The Kier molecular flexibility index (Phi) is 22.6. The molecule has 0 heterocycles. The molecule has 0 bridgehead atoms. The lowest BCUT2D eigenvalue weighted by Gasteiger charge is -2.30. The second-order valence-corrected chi connectivity index (χ2v) is 12.2. The van der Waals surface area contributed by atoms with E-state index >= 15 is 0 Å². The van der Waals surface area contributed by atoms with Crippen LogP contribution in [0.5, 0.6) is 0 Å². The molecule has 0 radical (unpaired) electrons. The molecule has 0 aliphatic carbocycles. The lowest BCUT2D eigenvalue weighted by Crippen LogP contribution is -2.45. The number of hydrogen-bond donors (Lipinski definition) is 1. The predicted octanol–water partition coefficient (Wildman–Crippen LogP) is 8.25. The second-order valence-electron chi connectivity index (χ2n) is 9.66. The van der Waals surface area contributed by atoms with Crippen LogP contribution < -0.4 is 0 Å². The molecule has 0 aromatic heterocycles. The van der Waals surface area contributed by atoms with E-state index in [0.717, 1.165) is 32.1 Å². The monoisotopic (exact) mass is 536 g/mol. The smallest absolute Gasteiger partial charge is 0.377 e. The summed E-state index contributed by atoms with van der Waals surface area (Å²) in [7, 11) is -1.89. The Bertz CT molecular complexity index is 562. The van der Waals surface area contributed by atoms with Gasteiger partial charge in [0.25, 0.3) is 0 Å². The normalized spacial score (nSPS) is 16.1. The van der Waals surface area contributed by atoms with Crippen molar-refractivity contribution in [2.45, 2.75) is 154 Å². The minimum atomic E-state index is -2.24. The minimum Gasteiger partial charge on any atom is -0.477 e. The molecule has 0 aliphatic heterocycles. The van der Waals surface area contributed by atoms with Crippen molar-refractivity contribution in [3.8, 4) is 0 Å². The van der Waals surface area contributed by atoms with E-state index in [0.29, 0.717) is 18.6 Å². The molecule has 0 aliphatic rings. The van der Waals surface area contributed by atoms with Gasteiger partial charge in [-0.2, -0.15) is 0 Å².